The van der Waals surface area contributed by atoms with Crippen molar-refractivity contribution in [2.45, 2.75) is 40.0 Å². The molecule has 0 aliphatic carbocycles. The van der Waals surface area contributed by atoms with Crippen molar-refractivity contribution in [3.05, 3.63) is 0 Å². The Morgan fingerprint density at radius 3 is 2.14 bits per heavy atom. The highest BCUT2D eigenvalue weighted by atomic mass is 16.5. The van der Waals surface area contributed by atoms with E-state index in [9.17, 15) is 9.59 Å². The number of carbonyl (C=O) groups excluding carboxylic acids is 2. The first kappa shape index (κ1) is 19.9. The molecule has 0 aliphatic heterocycles. The minimum absolute atomic E-state index is 0.0169. The van der Waals surface area contributed by atoms with Crippen LogP contribution in [0.15, 0.2) is 0 Å². The molecule has 21 heavy (non-hydrogen) atoms. The van der Waals surface area contributed by atoms with Gasteiger partial charge in [0, 0.05) is 25.9 Å². The largest absolute Gasteiger partial charge is 0.379 e. The molecule has 0 aromatic heterocycles. The van der Waals surface area contributed by atoms with Crippen LogP contribution in [-0.2, 0) is 19.1 Å². The van der Waals surface area contributed by atoms with Gasteiger partial charge >= 0.3 is 0 Å². The molecule has 124 valence electrons. The molecule has 0 aromatic rings. The molecule has 0 spiro atoms. The molecule has 0 fully saturated rings. The van der Waals surface area contributed by atoms with E-state index in [1.54, 1.807) is 0 Å². The first-order chi connectivity index (χ1) is 10.1. The lowest BCUT2D eigenvalue weighted by Crippen LogP contribution is -2.28. The summed E-state index contributed by atoms with van der Waals surface area (Å²) in [4.78, 5) is 22.5. The third-order valence-corrected chi connectivity index (χ3v) is 2.60. The van der Waals surface area contributed by atoms with Crippen molar-refractivity contribution in [1.82, 2.24) is 10.6 Å². The zero-order valence-electron chi connectivity index (χ0n) is 13.6. The molecule has 0 heterocycles. The summed E-state index contributed by atoms with van der Waals surface area (Å²) >= 11 is 0. The van der Waals surface area contributed by atoms with Crippen LogP contribution in [0.4, 0.5) is 0 Å². The lowest BCUT2D eigenvalue weighted by Gasteiger charge is -2.08. The van der Waals surface area contributed by atoms with Gasteiger partial charge in [0.2, 0.25) is 11.8 Å². The smallest absolute Gasteiger partial charge is 0.222 e. The van der Waals surface area contributed by atoms with E-state index in [0.29, 0.717) is 58.3 Å². The predicted octanol–water partition coefficient (Wildman–Crippen LogP) is 1.10. The third-order valence-electron chi connectivity index (χ3n) is 2.60. The number of rotatable bonds is 13. The summed E-state index contributed by atoms with van der Waals surface area (Å²) in [6.45, 7) is 9.11. The minimum Gasteiger partial charge on any atom is -0.379 e. The van der Waals surface area contributed by atoms with Crippen LogP contribution in [-0.4, -0.2) is 51.3 Å². The number of hydrogen-bond donors (Lipinski definition) is 2. The summed E-state index contributed by atoms with van der Waals surface area (Å²) < 4.78 is 10.6. The van der Waals surface area contributed by atoms with Gasteiger partial charge in [-0.3, -0.25) is 9.59 Å². The number of nitrogens with one attached hydrogen (secondary N) is 2. The average Bonchev–Trinajstić information content (AvgIpc) is 2.43. The molecular weight excluding hydrogens is 272 g/mol. The van der Waals surface area contributed by atoms with Crippen molar-refractivity contribution in [2.24, 2.45) is 5.92 Å². The van der Waals surface area contributed by atoms with Crippen molar-refractivity contribution in [2.75, 3.05) is 39.5 Å². The first-order valence-corrected chi connectivity index (χ1v) is 7.75. The molecule has 0 saturated heterocycles. The van der Waals surface area contributed by atoms with Crippen LogP contribution < -0.4 is 10.6 Å². The van der Waals surface area contributed by atoms with Gasteiger partial charge in [-0.2, -0.15) is 0 Å². The maximum absolute atomic E-state index is 11.4. The fourth-order valence-corrected chi connectivity index (χ4v) is 1.47. The zero-order chi connectivity index (χ0) is 15.9. The van der Waals surface area contributed by atoms with Gasteiger partial charge in [-0.1, -0.05) is 20.8 Å². The summed E-state index contributed by atoms with van der Waals surface area (Å²) in [7, 11) is 0. The minimum atomic E-state index is 0.0169. The molecule has 2 amide bonds. The predicted molar refractivity (Wildman–Crippen MR) is 82.0 cm³/mol. The van der Waals surface area contributed by atoms with Gasteiger partial charge in [-0.05, 0) is 12.3 Å². The Labute approximate surface area is 127 Å². The van der Waals surface area contributed by atoms with E-state index in [-0.39, 0.29) is 11.8 Å². The maximum Gasteiger partial charge on any atom is 0.222 e. The highest BCUT2D eigenvalue weighted by Crippen LogP contribution is 1.89. The molecule has 0 saturated carbocycles. The molecule has 0 atom stereocenters. The molecule has 0 aromatic carbocycles. The van der Waals surface area contributed by atoms with Gasteiger partial charge in [0.15, 0.2) is 0 Å². The topological polar surface area (TPSA) is 76.7 Å². The van der Waals surface area contributed by atoms with E-state index in [4.69, 9.17) is 9.47 Å². The summed E-state index contributed by atoms with van der Waals surface area (Å²) in [6.07, 6.45) is 1.78. The third kappa shape index (κ3) is 15.1. The second-order valence-corrected chi connectivity index (χ2v) is 5.27. The number of carbonyl (C=O) groups is 2. The van der Waals surface area contributed by atoms with Crippen LogP contribution in [0, 0.1) is 5.92 Å². The lowest BCUT2D eigenvalue weighted by atomic mass is 10.2. The molecule has 0 rings (SSSR count). The summed E-state index contributed by atoms with van der Waals surface area (Å²) in [6, 6.07) is 0. The molecule has 2 N–H and O–H groups in total. The van der Waals surface area contributed by atoms with E-state index in [2.05, 4.69) is 24.5 Å². The van der Waals surface area contributed by atoms with Gasteiger partial charge in [0.25, 0.3) is 0 Å². The van der Waals surface area contributed by atoms with Crippen molar-refractivity contribution in [3.63, 3.8) is 0 Å². The molecule has 6 nitrogen and oxygen atoms in total. The van der Waals surface area contributed by atoms with Crippen molar-refractivity contribution in [1.29, 1.82) is 0 Å². The molecule has 0 unspecified atom stereocenters. The highest BCUT2D eigenvalue weighted by molar-refractivity contribution is 5.76. The van der Waals surface area contributed by atoms with Gasteiger partial charge in [-0.25, -0.2) is 0 Å². The van der Waals surface area contributed by atoms with Crippen molar-refractivity contribution < 1.29 is 19.1 Å². The van der Waals surface area contributed by atoms with Crippen molar-refractivity contribution >= 4 is 11.8 Å². The second kappa shape index (κ2) is 13.8. The quantitative estimate of drug-likeness (QED) is 0.500. The van der Waals surface area contributed by atoms with Gasteiger partial charge < -0.3 is 20.1 Å². The van der Waals surface area contributed by atoms with Crippen LogP contribution in [0.25, 0.3) is 0 Å². The van der Waals surface area contributed by atoms with Crippen molar-refractivity contribution in [3.8, 4) is 0 Å². The summed E-state index contributed by atoms with van der Waals surface area (Å²) in [5.41, 5.74) is 0. The van der Waals surface area contributed by atoms with Crippen LogP contribution in [0.2, 0.25) is 0 Å². The monoisotopic (exact) mass is 302 g/mol. The van der Waals surface area contributed by atoms with Gasteiger partial charge in [0.1, 0.15) is 0 Å². The van der Waals surface area contributed by atoms with E-state index >= 15 is 0 Å². The Hall–Kier alpha value is -1.14. The average molecular weight is 302 g/mol. The Balaban J connectivity index is 3.22. The Bertz CT molecular complexity index is 283. The summed E-state index contributed by atoms with van der Waals surface area (Å²) in [5, 5.41) is 5.60. The Kier molecular flexibility index (Phi) is 13.1. The van der Waals surface area contributed by atoms with Gasteiger partial charge in [0.05, 0.1) is 26.4 Å². The van der Waals surface area contributed by atoms with Crippen LogP contribution in [0.5, 0.6) is 0 Å². The lowest BCUT2D eigenvalue weighted by molar-refractivity contribution is -0.122. The summed E-state index contributed by atoms with van der Waals surface area (Å²) in [5.74, 6) is 0.536. The van der Waals surface area contributed by atoms with E-state index < -0.39 is 0 Å². The van der Waals surface area contributed by atoms with Crippen LogP contribution in [0.1, 0.15) is 40.0 Å². The van der Waals surface area contributed by atoms with Crippen LogP contribution in [0.3, 0.4) is 0 Å². The van der Waals surface area contributed by atoms with E-state index in [1.165, 1.54) is 0 Å². The SMILES string of the molecule is CCCC(=O)NCCOCCOCCC(=O)NCC(C)C. The standard InChI is InChI=1S/C15H30N2O4/c1-4-5-14(18)16-7-9-21-11-10-20-8-6-15(19)17-12-13(2)3/h13H,4-12H2,1-3H3,(H,16,18)(H,17,19). The second-order valence-electron chi connectivity index (χ2n) is 5.27. The number of hydrogen-bond acceptors (Lipinski definition) is 4. The van der Waals surface area contributed by atoms with Gasteiger partial charge in [-0.15, -0.1) is 0 Å². The molecule has 0 bridgehead atoms. The molecule has 6 heteroatoms. The maximum atomic E-state index is 11.4. The zero-order valence-corrected chi connectivity index (χ0v) is 13.6. The number of amides is 2. The Morgan fingerprint density at radius 2 is 1.52 bits per heavy atom. The molecular formula is C15H30N2O4. The first-order valence-electron chi connectivity index (χ1n) is 7.75. The van der Waals surface area contributed by atoms with E-state index in [0.717, 1.165) is 6.42 Å². The van der Waals surface area contributed by atoms with E-state index in [1.807, 2.05) is 6.92 Å². The normalized spacial score (nSPS) is 10.7. The fourth-order valence-electron chi connectivity index (χ4n) is 1.47. The molecule has 0 radical (unpaired) electrons. The molecule has 0 aliphatic rings. The highest BCUT2D eigenvalue weighted by Gasteiger charge is 2.02. The fraction of sp³-hybridized carbons (Fsp3) is 0.867. The Morgan fingerprint density at radius 1 is 0.905 bits per heavy atom. The number of ether oxygens (including phenoxy) is 2. The van der Waals surface area contributed by atoms with Crippen LogP contribution >= 0.6 is 0 Å².